The maximum Gasteiger partial charge on any atom is 0.337 e. The molecule has 0 aliphatic rings. The number of methoxy groups -OCH3 is 1. The minimum Gasteiger partial charge on any atom is -0.465 e. The van der Waals surface area contributed by atoms with Crippen LogP contribution in [0.1, 0.15) is 15.9 Å². The molecule has 8 nitrogen and oxygen atoms in total. The van der Waals surface area contributed by atoms with E-state index in [1.165, 1.54) is 37.6 Å². The number of esters is 1. The lowest BCUT2D eigenvalue weighted by Crippen LogP contribution is -2.39. The van der Waals surface area contributed by atoms with E-state index >= 15 is 0 Å². The number of sulfonamides is 1. The number of anilines is 1. The van der Waals surface area contributed by atoms with Crippen LogP contribution >= 0.6 is 11.6 Å². The number of hydrazone groups is 1. The van der Waals surface area contributed by atoms with Crippen molar-refractivity contribution in [3.05, 3.63) is 95.0 Å². The summed E-state index contributed by atoms with van der Waals surface area (Å²) in [5.74, 6) is -1.11. The molecule has 0 aliphatic carbocycles. The number of nitrogens with one attached hydrogen (secondary N) is 1. The zero-order chi connectivity index (χ0) is 23.8. The highest BCUT2D eigenvalue weighted by Gasteiger charge is 2.27. The van der Waals surface area contributed by atoms with Gasteiger partial charge in [-0.25, -0.2) is 18.6 Å². The number of halogens is 1. The standard InChI is InChI=1S/C23H20ClN3O5S/c1-32-23(29)18-9-7-17(8-10-18)15-25-26-22(28)16-27(20-13-11-19(24)12-14-20)33(30,31)21-5-3-2-4-6-21/h2-15H,16H2,1H3,(H,26,28)/b25-15-. The summed E-state index contributed by atoms with van der Waals surface area (Å²) < 4.78 is 32.0. The second kappa shape index (κ2) is 10.8. The summed E-state index contributed by atoms with van der Waals surface area (Å²) >= 11 is 5.92. The first-order chi connectivity index (χ1) is 15.8. The number of ether oxygens (including phenoxy) is 1. The molecule has 0 radical (unpaired) electrons. The van der Waals surface area contributed by atoms with Gasteiger partial charge in [0.2, 0.25) is 0 Å². The summed E-state index contributed by atoms with van der Waals surface area (Å²) in [7, 11) is -2.73. The molecule has 3 aromatic rings. The van der Waals surface area contributed by atoms with Crippen LogP contribution in [-0.2, 0) is 19.6 Å². The average molecular weight is 486 g/mol. The van der Waals surface area contributed by atoms with Gasteiger partial charge in [0.15, 0.2) is 0 Å². The third-order valence-electron chi connectivity index (χ3n) is 4.47. The highest BCUT2D eigenvalue weighted by Crippen LogP contribution is 2.25. The Morgan fingerprint density at radius 1 is 1.00 bits per heavy atom. The smallest absolute Gasteiger partial charge is 0.337 e. The Hall–Kier alpha value is -3.69. The first kappa shape index (κ1) is 24.0. The van der Waals surface area contributed by atoms with Crippen LogP contribution in [0.4, 0.5) is 5.69 Å². The molecule has 0 unspecified atom stereocenters. The third-order valence-corrected chi connectivity index (χ3v) is 6.51. The van der Waals surface area contributed by atoms with Crippen LogP contribution in [0.5, 0.6) is 0 Å². The van der Waals surface area contributed by atoms with E-state index in [-0.39, 0.29) is 10.6 Å². The normalized spacial score (nSPS) is 11.2. The number of amides is 1. The Bertz CT molecular complexity index is 1250. The van der Waals surface area contributed by atoms with Crippen LogP contribution in [0.2, 0.25) is 5.02 Å². The molecule has 33 heavy (non-hydrogen) atoms. The molecule has 0 atom stereocenters. The van der Waals surface area contributed by atoms with Gasteiger partial charge in [0, 0.05) is 5.02 Å². The van der Waals surface area contributed by atoms with Crippen molar-refractivity contribution in [3.8, 4) is 0 Å². The second-order valence-electron chi connectivity index (χ2n) is 6.71. The molecule has 0 aliphatic heterocycles. The molecule has 170 valence electrons. The van der Waals surface area contributed by atoms with Crippen molar-refractivity contribution in [3.63, 3.8) is 0 Å². The largest absolute Gasteiger partial charge is 0.465 e. The minimum atomic E-state index is -4.02. The number of carbonyl (C=O) groups is 2. The second-order valence-corrected chi connectivity index (χ2v) is 9.01. The van der Waals surface area contributed by atoms with E-state index in [4.69, 9.17) is 11.6 Å². The first-order valence-electron chi connectivity index (χ1n) is 9.65. The van der Waals surface area contributed by atoms with Gasteiger partial charge in [-0.05, 0) is 54.1 Å². The maximum atomic E-state index is 13.2. The number of benzene rings is 3. The van der Waals surface area contributed by atoms with Gasteiger partial charge in [-0.3, -0.25) is 9.10 Å². The lowest BCUT2D eigenvalue weighted by atomic mass is 10.1. The minimum absolute atomic E-state index is 0.0435. The summed E-state index contributed by atoms with van der Waals surface area (Å²) in [6, 6.07) is 20.3. The molecule has 0 heterocycles. The highest BCUT2D eigenvalue weighted by atomic mass is 35.5. The van der Waals surface area contributed by atoms with E-state index in [0.717, 1.165) is 4.31 Å². The van der Waals surface area contributed by atoms with E-state index in [0.29, 0.717) is 16.1 Å². The Morgan fingerprint density at radius 3 is 2.24 bits per heavy atom. The van der Waals surface area contributed by atoms with Crippen LogP contribution in [0.3, 0.4) is 0 Å². The summed E-state index contributed by atoms with van der Waals surface area (Å²) in [4.78, 5) is 24.0. The number of hydrogen-bond donors (Lipinski definition) is 1. The molecular weight excluding hydrogens is 466 g/mol. The molecular formula is C23H20ClN3O5S. The van der Waals surface area contributed by atoms with E-state index in [1.807, 2.05) is 0 Å². The summed E-state index contributed by atoms with van der Waals surface area (Å²) in [5.41, 5.74) is 3.60. The maximum absolute atomic E-state index is 13.2. The van der Waals surface area contributed by atoms with E-state index in [1.54, 1.807) is 54.6 Å². The van der Waals surface area contributed by atoms with E-state index < -0.39 is 28.4 Å². The average Bonchev–Trinajstić information content (AvgIpc) is 2.83. The fourth-order valence-electron chi connectivity index (χ4n) is 2.81. The highest BCUT2D eigenvalue weighted by molar-refractivity contribution is 7.92. The monoisotopic (exact) mass is 485 g/mol. The molecule has 0 saturated heterocycles. The van der Waals surface area contributed by atoms with Gasteiger partial charge in [-0.2, -0.15) is 5.10 Å². The molecule has 10 heteroatoms. The lowest BCUT2D eigenvalue weighted by Gasteiger charge is -2.23. The van der Waals surface area contributed by atoms with Gasteiger partial charge in [-0.1, -0.05) is 41.9 Å². The molecule has 0 bridgehead atoms. The van der Waals surface area contributed by atoms with Crippen LogP contribution in [0.25, 0.3) is 0 Å². The topological polar surface area (TPSA) is 105 Å². The lowest BCUT2D eigenvalue weighted by molar-refractivity contribution is -0.119. The molecule has 0 fully saturated rings. The van der Waals surface area contributed by atoms with Crippen molar-refractivity contribution >= 4 is 45.4 Å². The van der Waals surface area contributed by atoms with Crippen molar-refractivity contribution in [1.29, 1.82) is 0 Å². The zero-order valence-corrected chi connectivity index (χ0v) is 19.1. The van der Waals surface area contributed by atoms with Crippen LogP contribution in [0, 0.1) is 0 Å². The van der Waals surface area contributed by atoms with Gasteiger partial charge in [0.1, 0.15) is 6.54 Å². The molecule has 1 N–H and O–H groups in total. The fraction of sp³-hybridized carbons (Fsp3) is 0.0870. The molecule has 3 rings (SSSR count). The van der Waals surface area contributed by atoms with Crippen molar-refractivity contribution in [2.24, 2.45) is 5.10 Å². The fourth-order valence-corrected chi connectivity index (χ4v) is 4.38. The number of nitrogens with zero attached hydrogens (tertiary/aromatic N) is 2. The van der Waals surface area contributed by atoms with Gasteiger partial charge in [-0.15, -0.1) is 0 Å². The van der Waals surface area contributed by atoms with Crippen molar-refractivity contribution in [2.45, 2.75) is 4.90 Å². The van der Waals surface area contributed by atoms with Gasteiger partial charge in [0.25, 0.3) is 15.9 Å². The molecule has 0 saturated carbocycles. The molecule has 0 spiro atoms. The quantitative estimate of drug-likeness (QED) is 0.299. The van der Waals surface area contributed by atoms with Crippen LogP contribution in [0.15, 0.2) is 88.9 Å². The van der Waals surface area contributed by atoms with Crippen molar-refractivity contribution < 1.29 is 22.7 Å². The Kier molecular flexibility index (Phi) is 7.81. The molecule has 3 aromatic carbocycles. The van der Waals surface area contributed by atoms with Gasteiger partial charge in [0.05, 0.1) is 29.5 Å². The summed E-state index contributed by atoms with van der Waals surface area (Å²) in [5, 5.41) is 4.30. The van der Waals surface area contributed by atoms with Gasteiger partial charge >= 0.3 is 5.97 Å². The molecule has 1 amide bonds. The van der Waals surface area contributed by atoms with E-state index in [9.17, 15) is 18.0 Å². The van der Waals surface area contributed by atoms with Crippen LogP contribution in [-0.4, -0.2) is 40.2 Å². The molecule has 0 aromatic heterocycles. The first-order valence-corrected chi connectivity index (χ1v) is 11.5. The Morgan fingerprint density at radius 2 is 1.64 bits per heavy atom. The Labute approximate surface area is 196 Å². The predicted molar refractivity (Wildman–Crippen MR) is 126 cm³/mol. The third kappa shape index (κ3) is 6.18. The number of hydrogen-bond acceptors (Lipinski definition) is 6. The summed E-state index contributed by atoms with van der Waals surface area (Å²) in [6.45, 7) is -0.503. The number of rotatable bonds is 8. The Balaban J connectivity index is 1.76. The SMILES string of the molecule is COC(=O)c1ccc(/C=N\NC(=O)CN(c2ccc(Cl)cc2)S(=O)(=O)c2ccccc2)cc1. The van der Waals surface area contributed by atoms with Gasteiger partial charge < -0.3 is 4.74 Å². The summed E-state index contributed by atoms with van der Waals surface area (Å²) in [6.07, 6.45) is 1.37. The number of carbonyl (C=O) groups excluding carboxylic acids is 2. The van der Waals surface area contributed by atoms with Crippen molar-refractivity contribution in [1.82, 2.24) is 5.43 Å². The van der Waals surface area contributed by atoms with Crippen LogP contribution < -0.4 is 9.73 Å². The predicted octanol–water partition coefficient (Wildman–Crippen LogP) is 3.47. The van der Waals surface area contributed by atoms with Crippen molar-refractivity contribution in [2.75, 3.05) is 18.0 Å². The zero-order valence-electron chi connectivity index (χ0n) is 17.5. The van der Waals surface area contributed by atoms with E-state index in [2.05, 4.69) is 15.3 Å².